The van der Waals surface area contributed by atoms with Crippen LogP contribution in [0.3, 0.4) is 0 Å². The highest BCUT2D eigenvalue weighted by Gasteiger charge is 2.61. The number of methoxy groups -OCH3 is 2. The number of ether oxygens (including phenoxy) is 4. The molecule has 0 saturated carbocycles. The van der Waals surface area contributed by atoms with Crippen molar-refractivity contribution >= 4 is 17.9 Å². The van der Waals surface area contributed by atoms with E-state index in [9.17, 15) is 14.4 Å². The molecule has 0 N–H and O–H groups in total. The Morgan fingerprint density at radius 1 is 1.21 bits per heavy atom. The molecule has 2 aliphatic heterocycles. The van der Waals surface area contributed by atoms with Crippen molar-refractivity contribution in [3.8, 4) is 0 Å². The maximum absolute atomic E-state index is 12.4. The lowest BCUT2D eigenvalue weighted by atomic mass is 9.77. The van der Waals surface area contributed by atoms with Gasteiger partial charge >= 0.3 is 17.9 Å². The summed E-state index contributed by atoms with van der Waals surface area (Å²) >= 11 is 0. The summed E-state index contributed by atoms with van der Waals surface area (Å²) < 4.78 is 29.2. The predicted octanol–water partition coefficient (Wildman–Crippen LogP) is 1.17. The number of carbonyl (C=O) groups excluding carboxylic acids is 3. The molecule has 1 aromatic rings. The van der Waals surface area contributed by atoms with E-state index in [-0.39, 0.29) is 17.8 Å². The van der Waals surface area contributed by atoms with Gasteiger partial charge in [-0.1, -0.05) is 24.3 Å². The number of benzene rings is 1. The number of fused-ring (bicyclic) bond motifs is 5. The fourth-order valence-corrected chi connectivity index (χ4v) is 3.05. The van der Waals surface area contributed by atoms with Crippen molar-refractivity contribution in [2.75, 3.05) is 20.8 Å². The molecule has 24 heavy (non-hydrogen) atoms. The van der Waals surface area contributed by atoms with Gasteiger partial charge in [-0.05, 0) is 11.1 Å². The highest BCUT2D eigenvalue weighted by Crippen LogP contribution is 2.58. The third kappa shape index (κ3) is 2.12. The molecule has 1 aromatic carbocycles. The van der Waals surface area contributed by atoms with Crippen LogP contribution in [-0.4, -0.2) is 38.7 Å². The predicted molar refractivity (Wildman–Crippen MR) is 79.6 cm³/mol. The van der Waals surface area contributed by atoms with Crippen molar-refractivity contribution < 1.29 is 34.7 Å². The Bertz CT molecular complexity index is 815. The maximum Gasteiger partial charge on any atom is 0.337 e. The topological polar surface area (TPSA) is 88.1 Å². The quantitative estimate of drug-likeness (QED) is 0.604. The summed E-state index contributed by atoms with van der Waals surface area (Å²) in [4.78, 5) is 36.1. The highest BCUT2D eigenvalue weighted by molar-refractivity contribution is 6.05. The summed E-state index contributed by atoms with van der Waals surface area (Å²) in [6, 6.07) is 6.67. The van der Waals surface area contributed by atoms with E-state index in [0.29, 0.717) is 11.1 Å². The van der Waals surface area contributed by atoms with Gasteiger partial charge in [0.05, 0.1) is 26.7 Å². The SMILES string of the molecule is [2H][C@@]12O[C@@](COC(C)=O)(C(C(=O)OC)=C1C(=O)OC)c1ccccc12. The number of hydrogen-bond acceptors (Lipinski definition) is 7. The largest absolute Gasteiger partial charge is 0.466 e. The van der Waals surface area contributed by atoms with Crippen molar-refractivity contribution in [1.29, 1.82) is 0 Å². The first kappa shape index (κ1) is 14.9. The van der Waals surface area contributed by atoms with Gasteiger partial charge in [0, 0.05) is 6.92 Å². The Morgan fingerprint density at radius 3 is 2.50 bits per heavy atom. The summed E-state index contributed by atoms with van der Waals surface area (Å²) in [5, 5.41) is 0. The van der Waals surface area contributed by atoms with Gasteiger partial charge in [0.1, 0.15) is 12.7 Å². The number of esters is 3. The lowest BCUT2D eigenvalue weighted by Crippen LogP contribution is -2.37. The van der Waals surface area contributed by atoms with E-state index in [1.807, 2.05) is 0 Å². The van der Waals surface area contributed by atoms with Crippen LogP contribution in [0.25, 0.3) is 0 Å². The molecule has 0 radical (unpaired) electrons. The first-order chi connectivity index (χ1) is 11.8. The zero-order valence-electron chi connectivity index (χ0n) is 14.4. The standard InChI is InChI=1S/C17H16O7/c1-9(18)23-8-17-11-7-5-4-6-10(11)14(24-17)12(15(19)21-2)13(17)16(20)22-3/h4-7,14H,8H2,1-3H3/t14-,17+/m0/s1/i14D. The van der Waals surface area contributed by atoms with E-state index in [4.69, 9.17) is 20.3 Å². The summed E-state index contributed by atoms with van der Waals surface area (Å²) in [6.07, 6.45) is -1.95. The number of carbonyl (C=O) groups is 3. The van der Waals surface area contributed by atoms with Gasteiger partial charge in [0.15, 0.2) is 5.60 Å². The van der Waals surface area contributed by atoms with Crippen LogP contribution in [0.2, 0.25) is 0 Å². The number of rotatable bonds is 4. The molecule has 2 aliphatic rings. The third-order valence-corrected chi connectivity index (χ3v) is 4.02. The lowest BCUT2D eigenvalue weighted by molar-refractivity contribution is -0.153. The summed E-state index contributed by atoms with van der Waals surface area (Å²) in [6.45, 7) is 0.841. The Labute approximate surface area is 139 Å². The number of hydrogen-bond donors (Lipinski definition) is 0. The average molecular weight is 333 g/mol. The second kappa shape index (κ2) is 5.76. The molecule has 0 aromatic heterocycles. The van der Waals surface area contributed by atoms with E-state index in [1.165, 1.54) is 6.92 Å². The van der Waals surface area contributed by atoms with Gasteiger partial charge in [-0.3, -0.25) is 4.79 Å². The first-order valence-corrected chi connectivity index (χ1v) is 7.17. The lowest BCUT2D eigenvalue weighted by Gasteiger charge is -2.28. The fraction of sp³-hybridized carbons (Fsp3) is 0.353. The Kier molecular flexibility index (Phi) is 3.57. The van der Waals surface area contributed by atoms with Crippen molar-refractivity contribution in [1.82, 2.24) is 0 Å². The zero-order valence-corrected chi connectivity index (χ0v) is 13.4. The van der Waals surface area contributed by atoms with Gasteiger partial charge in [0.25, 0.3) is 0 Å². The fourth-order valence-electron chi connectivity index (χ4n) is 3.05. The van der Waals surface area contributed by atoms with Gasteiger partial charge in [-0.15, -0.1) is 0 Å². The molecule has 2 atom stereocenters. The van der Waals surface area contributed by atoms with E-state index in [0.717, 1.165) is 14.2 Å². The molecule has 2 heterocycles. The second-order valence-corrected chi connectivity index (χ2v) is 5.32. The molecule has 2 bridgehead atoms. The van der Waals surface area contributed by atoms with E-state index in [2.05, 4.69) is 0 Å². The monoisotopic (exact) mass is 333 g/mol. The second-order valence-electron chi connectivity index (χ2n) is 5.32. The first-order valence-electron chi connectivity index (χ1n) is 7.67. The Morgan fingerprint density at radius 2 is 1.88 bits per heavy atom. The van der Waals surface area contributed by atoms with E-state index in [1.54, 1.807) is 24.3 Å². The van der Waals surface area contributed by atoms with Crippen molar-refractivity contribution in [3.63, 3.8) is 0 Å². The van der Waals surface area contributed by atoms with Crippen LogP contribution in [-0.2, 0) is 38.9 Å². The molecule has 3 rings (SSSR count). The molecule has 7 nitrogen and oxygen atoms in total. The molecular formula is C17H16O7. The third-order valence-electron chi connectivity index (χ3n) is 4.02. The van der Waals surface area contributed by atoms with Crippen LogP contribution >= 0.6 is 0 Å². The van der Waals surface area contributed by atoms with Crippen LogP contribution < -0.4 is 0 Å². The van der Waals surface area contributed by atoms with E-state index >= 15 is 0 Å². The molecule has 0 aliphatic carbocycles. The minimum absolute atomic E-state index is 0.184. The summed E-state index contributed by atoms with van der Waals surface area (Å²) in [7, 11) is 2.29. The minimum atomic E-state index is -1.95. The van der Waals surface area contributed by atoms with Crippen LogP contribution in [0, 0.1) is 0 Å². The molecule has 0 fully saturated rings. The van der Waals surface area contributed by atoms with Crippen molar-refractivity contribution in [3.05, 3.63) is 46.5 Å². The van der Waals surface area contributed by atoms with Crippen LogP contribution in [0.4, 0.5) is 0 Å². The Balaban J connectivity index is 2.30. The van der Waals surface area contributed by atoms with Crippen LogP contribution in [0.15, 0.2) is 35.4 Å². The molecular weight excluding hydrogens is 316 g/mol. The maximum atomic E-state index is 12.4. The van der Waals surface area contributed by atoms with Gasteiger partial charge in [0.2, 0.25) is 0 Å². The summed E-state index contributed by atoms with van der Waals surface area (Å²) in [5.41, 5.74) is -1.19. The normalized spacial score (nSPS) is 27.4. The van der Waals surface area contributed by atoms with E-state index < -0.39 is 29.6 Å². The molecule has 0 unspecified atom stereocenters. The molecule has 7 heteroatoms. The molecule has 126 valence electrons. The molecule has 0 saturated heterocycles. The van der Waals surface area contributed by atoms with Crippen molar-refractivity contribution in [2.45, 2.75) is 18.6 Å². The smallest absolute Gasteiger partial charge is 0.337 e. The molecule has 0 spiro atoms. The van der Waals surface area contributed by atoms with Gasteiger partial charge < -0.3 is 18.9 Å². The van der Waals surface area contributed by atoms with Crippen LogP contribution in [0.1, 0.15) is 25.5 Å². The van der Waals surface area contributed by atoms with Crippen LogP contribution in [0.5, 0.6) is 0 Å². The minimum Gasteiger partial charge on any atom is -0.466 e. The van der Waals surface area contributed by atoms with Gasteiger partial charge in [-0.25, -0.2) is 9.59 Å². The molecule has 0 amide bonds. The highest BCUT2D eigenvalue weighted by atomic mass is 16.6. The van der Waals surface area contributed by atoms with Gasteiger partial charge in [-0.2, -0.15) is 0 Å². The zero-order chi connectivity index (χ0) is 18.4. The summed E-state index contributed by atoms with van der Waals surface area (Å²) in [5.74, 6) is -2.32. The van der Waals surface area contributed by atoms with Crippen molar-refractivity contribution in [2.24, 2.45) is 0 Å². The Hall–Kier alpha value is -2.67. The average Bonchev–Trinajstić information content (AvgIpc) is 3.03.